The fraction of sp³-hybridized carbons (Fsp3) is 0.0286. The predicted molar refractivity (Wildman–Crippen MR) is 330 cm³/mol. The van der Waals surface area contributed by atoms with Gasteiger partial charge in [0.1, 0.15) is 6.07 Å². The molecule has 0 atom stereocenters. The van der Waals surface area contributed by atoms with Gasteiger partial charge in [-0.05, 0) is 79.5 Å². The van der Waals surface area contributed by atoms with Crippen LogP contribution in [-0.4, -0.2) is 18.3 Å². The van der Waals surface area contributed by atoms with Gasteiger partial charge in [-0.15, -0.1) is 22.7 Å². The van der Waals surface area contributed by atoms with Crippen molar-refractivity contribution >= 4 is 156 Å². The summed E-state index contributed by atoms with van der Waals surface area (Å²) in [5.41, 5.74) is 7.20. The van der Waals surface area contributed by atoms with E-state index < -0.39 is 54.4 Å². The van der Waals surface area contributed by atoms with Crippen LogP contribution in [0.15, 0.2) is 206 Å². The first-order valence-corrected chi connectivity index (χ1v) is 27.0. The third-order valence-corrected chi connectivity index (χ3v) is 18.3. The Morgan fingerprint density at radius 3 is 1.59 bits per heavy atom. The summed E-state index contributed by atoms with van der Waals surface area (Å²) >= 11 is 2.61. The summed E-state index contributed by atoms with van der Waals surface area (Å²) in [5.74, 6) is 0. The van der Waals surface area contributed by atoms with Gasteiger partial charge in [0, 0.05) is 74.0 Å². The van der Waals surface area contributed by atoms with Crippen molar-refractivity contribution < 1.29 is 13.7 Å². The Bertz CT molecular complexity index is 6000. The van der Waals surface area contributed by atoms with Gasteiger partial charge in [0.25, 0.3) is 0 Å². The van der Waals surface area contributed by atoms with E-state index in [2.05, 4.69) is 74.9 Å². The largest absolute Gasteiger partial charge is 0.317 e. The minimum absolute atomic E-state index is 0.00293. The second-order valence-corrected chi connectivity index (χ2v) is 21.9. The fourth-order valence-corrected chi connectivity index (χ4v) is 15.0. The molecule has 0 aliphatic heterocycles. The molecule has 8 heteroatoms. The molecule has 78 heavy (non-hydrogen) atoms. The Labute approximate surface area is 467 Å². The van der Waals surface area contributed by atoms with E-state index in [4.69, 9.17) is 2.74 Å². The first-order chi connectivity index (χ1) is 42.7. The number of nitrogens with zero attached hydrogens (tertiary/aromatic N) is 6. The van der Waals surface area contributed by atoms with Crippen molar-refractivity contribution in [3.8, 4) is 28.8 Å². The fourth-order valence-electron chi connectivity index (χ4n) is 12.6. The molecule has 0 saturated heterocycles. The summed E-state index contributed by atoms with van der Waals surface area (Å²) in [6.45, 7) is 14.2. The number of hydrogen-bond acceptors (Lipinski definition) is 3. The van der Waals surface area contributed by atoms with Gasteiger partial charge in [-0.2, -0.15) is 5.26 Å². The van der Waals surface area contributed by atoms with Crippen LogP contribution in [0.2, 0.25) is 0 Å². The quantitative estimate of drug-likeness (QED) is 0.162. The number of para-hydroxylation sites is 5. The van der Waals surface area contributed by atoms with Crippen LogP contribution in [0.3, 0.4) is 0 Å². The zero-order valence-corrected chi connectivity index (χ0v) is 43.0. The Morgan fingerprint density at radius 2 is 0.923 bits per heavy atom. The lowest BCUT2D eigenvalue weighted by Gasteiger charge is -2.27. The molecule has 0 fully saturated rings. The molecule has 6 nitrogen and oxygen atoms in total. The first kappa shape index (κ1) is 34.6. The lowest BCUT2D eigenvalue weighted by atomic mass is 10.0. The number of aryl methyl sites for hydroxylation is 2. The summed E-state index contributed by atoms with van der Waals surface area (Å²) in [7, 11) is 0. The van der Waals surface area contributed by atoms with E-state index in [0.29, 0.717) is 39.1 Å². The van der Waals surface area contributed by atoms with Crippen molar-refractivity contribution in [2.75, 3.05) is 0 Å². The third-order valence-electron chi connectivity index (χ3n) is 16.0. The van der Waals surface area contributed by atoms with Crippen LogP contribution in [0.4, 0.5) is 5.69 Å². The van der Waals surface area contributed by atoms with Crippen LogP contribution in [0, 0.1) is 31.8 Å². The number of thiophene rings is 2. The molecule has 0 bridgehead atoms. The second-order valence-electron chi connectivity index (χ2n) is 19.8. The highest BCUT2D eigenvalue weighted by Gasteiger charge is 2.35. The molecular formula is C70H40N6S2. The highest BCUT2D eigenvalue weighted by atomic mass is 32.1. The Balaban J connectivity index is 1.25. The van der Waals surface area contributed by atoms with Crippen molar-refractivity contribution in [1.82, 2.24) is 18.3 Å². The van der Waals surface area contributed by atoms with Gasteiger partial charge in [-0.25, -0.2) is 4.85 Å². The standard InChI is InChI=1S/C70H40N6S2/c1-39-36-52-49-33-35-51-47-24-10-17-31-61(47)78-70(51)66(49)76(59(52)37-40(39)2)68-64(73-54-25-11-4-18-41(54)42-19-5-12-26-55(42)73)53(38-71)63(62(72-3)67(68)74-56-27-13-6-20-43(56)44-21-7-14-28-57(44)74)75-58-29-15-8-22-45(58)48-32-34-50-46-23-9-16-30-60(46)77-69(50)65(48)75/h4-37H,1-2H3/i8D,9D,15D,16D,22D,23D,29D,30D,32D,34D. The van der Waals surface area contributed by atoms with Gasteiger partial charge < -0.3 is 18.3 Å². The predicted octanol–water partition coefficient (Wildman–Crippen LogP) is 19.9. The maximum atomic E-state index is 12.9. The summed E-state index contributed by atoms with van der Waals surface area (Å²) in [6.07, 6.45) is 0. The summed E-state index contributed by atoms with van der Waals surface area (Å²) in [5, 5.41) is 20.1. The van der Waals surface area contributed by atoms with Gasteiger partial charge >= 0.3 is 0 Å². The second kappa shape index (κ2) is 15.8. The molecule has 17 aromatic rings. The van der Waals surface area contributed by atoms with E-state index in [1.54, 1.807) is 11.3 Å². The molecule has 0 spiro atoms. The molecule has 6 aromatic heterocycles. The zero-order chi connectivity index (χ0) is 60.4. The molecule has 0 N–H and O–H groups in total. The average Bonchev–Trinajstić information content (AvgIpc) is 1.49. The number of benzene rings is 11. The summed E-state index contributed by atoms with van der Waals surface area (Å²) in [6, 6.07) is 46.5. The van der Waals surface area contributed by atoms with Crippen LogP contribution in [0.25, 0.3) is 155 Å². The van der Waals surface area contributed by atoms with Gasteiger partial charge in [-0.1, -0.05) is 151 Å². The van der Waals surface area contributed by atoms with Crippen molar-refractivity contribution in [3.05, 3.63) is 234 Å². The third kappa shape index (κ3) is 5.52. The number of nitriles is 1. The van der Waals surface area contributed by atoms with Crippen LogP contribution < -0.4 is 0 Å². The van der Waals surface area contributed by atoms with Crippen LogP contribution in [0.5, 0.6) is 0 Å². The molecule has 0 aliphatic carbocycles. The van der Waals surface area contributed by atoms with Gasteiger partial charge in [0.05, 0.1) is 102 Å². The van der Waals surface area contributed by atoms with E-state index in [-0.39, 0.29) is 65.0 Å². The monoisotopic (exact) mass is 1040 g/mol. The molecular weight excluding hydrogens is 989 g/mol. The average molecular weight is 1040 g/mol. The Hall–Kier alpha value is -9.96. The molecule has 11 aromatic carbocycles. The highest BCUT2D eigenvalue weighted by molar-refractivity contribution is 7.27. The minimum Gasteiger partial charge on any atom is -0.317 e. The molecule has 0 saturated carbocycles. The smallest absolute Gasteiger partial charge is 0.237 e. The summed E-state index contributed by atoms with van der Waals surface area (Å²) < 4.78 is 105. The van der Waals surface area contributed by atoms with Crippen molar-refractivity contribution in [2.45, 2.75) is 13.8 Å². The topological polar surface area (TPSA) is 47.9 Å². The Kier molecular flexibility index (Phi) is 7.00. The number of fused-ring (bicyclic) bond motifs is 20. The number of hydrogen-bond donors (Lipinski definition) is 0. The lowest BCUT2D eigenvalue weighted by molar-refractivity contribution is 1.03. The number of aromatic nitrogens is 4. The molecule has 6 heterocycles. The van der Waals surface area contributed by atoms with Crippen LogP contribution >= 0.6 is 22.7 Å². The van der Waals surface area contributed by atoms with Gasteiger partial charge in [0.15, 0.2) is 0 Å². The van der Waals surface area contributed by atoms with E-state index in [1.807, 2.05) is 109 Å². The zero-order valence-electron chi connectivity index (χ0n) is 51.4. The SMILES string of the molecule is [2H]c1c([2H])c([2H])c2c(sc3c2c([2H])c([2H])c2c4c([2H])c([2H])c([2H])c([2H])c4n(-c4c(C#N)c(-n5c6ccccc6c6ccccc65)c(-n5c6cc(C)c(C)cc6c6ccc7c8ccccc8sc7c65)c(-n5c6ccccc6c6ccccc65)c4[N+]#[C-])c32)c1[2H]. The highest BCUT2D eigenvalue weighted by Crippen LogP contribution is 2.54. The van der Waals surface area contributed by atoms with Crippen molar-refractivity contribution in [3.63, 3.8) is 0 Å². The molecule has 0 aliphatic rings. The minimum atomic E-state index is -0.626. The lowest BCUT2D eigenvalue weighted by Crippen LogP contribution is -2.14. The summed E-state index contributed by atoms with van der Waals surface area (Å²) in [4.78, 5) is 4.69. The Morgan fingerprint density at radius 1 is 0.410 bits per heavy atom. The van der Waals surface area contributed by atoms with Gasteiger partial charge in [-0.3, -0.25) is 0 Å². The molecule has 0 unspecified atom stereocenters. The van der Waals surface area contributed by atoms with E-state index in [1.165, 1.54) is 4.57 Å². The van der Waals surface area contributed by atoms with Gasteiger partial charge in [0.2, 0.25) is 5.69 Å². The van der Waals surface area contributed by atoms with Crippen LogP contribution in [0.1, 0.15) is 30.4 Å². The molecule has 362 valence electrons. The van der Waals surface area contributed by atoms with E-state index in [0.717, 1.165) is 86.0 Å². The first-order valence-electron chi connectivity index (χ1n) is 30.4. The maximum Gasteiger partial charge on any atom is 0.237 e. The van der Waals surface area contributed by atoms with Crippen molar-refractivity contribution in [2.24, 2.45) is 0 Å². The molecule has 0 amide bonds. The van der Waals surface area contributed by atoms with E-state index in [9.17, 15) is 22.8 Å². The molecule has 0 radical (unpaired) electrons. The maximum absolute atomic E-state index is 12.9. The van der Waals surface area contributed by atoms with E-state index >= 15 is 0 Å². The number of rotatable bonds is 4. The van der Waals surface area contributed by atoms with Crippen LogP contribution in [-0.2, 0) is 0 Å². The normalized spacial score (nSPS) is 14.0. The van der Waals surface area contributed by atoms with Crippen molar-refractivity contribution in [1.29, 1.82) is 5.26 Å². The molecule has 17 rings (SSSR count).